The summed E-state index contributed by atoms with van der Waals surface area (Å²) in [4.78, 5) is 29.8. The van der Waals surface area contributed by atoms with Gasteiger partial charge >= 0.3 is 11.9 Å². The van der Waals surface area contributed by atoms with E-state index in [0.717, 1.165) is 19.4 Å². The quantitative estimate of drug-likeness (QED) is 0.563. The van der Waals surface area contributed by atoms with Crippen LogP contribution >= 0.6 is 23.9 Å². The average Bonchev–Trinajstić information content (AvgIpc) is 3.23. The van der Waals surface area contributed by atoms with E-state index < -0.39 is 58.0 Å². The van der Waals surface area contributed by atoms with Crippen molar-refractivity contribution < 1.29 is 69.6 Å². The van der Waals surface area contributed by atoms with E-state index in [1.165, 1.54) is 0 Å². The van der Waals surface area contributed by atoms with Gasteiger partial charge in [-0.2, -0.15) is 0 Å². The van der Waals surface area contributed by atoms with Crippen molar-refractivity contribution in [3.05, 3.63) is 0 Å². The highest BCUT2D eigenvalue weighted by molar-refractivity contribution is 6.63. The zero-order chi connectivity index (χ0) is 34.5. The summed E-state index contributed by atoms with van der Waals surface area (Å²) in [5, 5.41) is 14.5. The van der Waals surface area contributed by atoms with Crippen LogP contribution in [0.5, 0.6) is 0 Å². The number of halogens is 2. The Morgan fingerprint density at radius 2 is 1.73 bits per heavy atom. The Balaban J connectivity index is -0.0000000994. The molecule has 1 unspecified atom stereocenters. The molecule has 1 fully saturated rings. The average molecular weight is 447 g/mol. The first-order valence-corrected chi connectivity index (χ1v) is 5.72. The predicted molar refractivity (Wildman–Crippen MR) is 99.4 cm³/mol. The van der Waals surface area contributed by atoms with Crippen LogP contribution in [0.25, 0.3) is 0 Å². The van der Waals surface area contributed by atoms with Crippen LogP contribution in [0.2, 0.25) is 0 Å². The number of methoxy groups -OCH3 is 3. The molecule has 0 aromatic heterocycles. The van der Waals surface area contributed by atoms with Gasteiger partial charge in [0, 0.05) is 34.3 Å². The SMILES string of the molecule is C.[2H]C([2H])([2H])OC([2H])([2H])C(=O)Cl.[2H]C([2H])([2H])OC([2H])([2H])C(=O)O.[2H]C([2H])([2H])OCC(=O)O.[2H]C1CCCO1.[2H]Cl.[2H]O. The molecule has 1 heterocycles. The first kappa shape index (κ1) is 11.7. The third-order valence-electron chi connectivity index (χ3n) is 1.17. The molecule has 0 bridgehead atoms. The number of rotatable bonds is 6. The molecular formula is C14H32Cl2O10. The number of carbonyl (C=O) groups is 3. The summed E-state index contributed by atoms with van der Waals surface area (Å²) in [6, 6.07) is 0. The van der Waals surface area contributed by atoms with Gasteiger partial charge in [0.15, 0.2) is 0 Å². The number of carbonyl (C=O) groups excluding carboxylic acids is 1. The minimum Gasteiger partial charge on any atom is -0.480 e. The van der Waals surface area contributed by atoms with Crippen molar-refractivity contribution in [3.8, 4) is 0 Å². The normalized spacial score (nSPS) is 24.2. The van der Waals surface area contributed by atoms with Crippen LogP contribution in [-0.2, 0) is 33.3 Å². The molecule has 26 heavy (non-hydrogen) atoms. The highest BCUT2D eigenvalue weighted by atomic mass is 35.5. The maximum absolute atomic E-state index is 10.2. The summed E-state index contributed by atoms with van der Waals surface area (Å²) in [5.74, 6) is -3.25. The molecule has 4 N–H and O–H groups in total. The lowest BCUT2D eigenvalue weighted by Gasteiger charge is -1.83. The molecule has 0 amide bonds. The molecule has 0 aromatic rings. The lowest BCUT2D eigenvalue weighted by molar-refractivity contribution is -0.142. The molecule has 162 valence electrons. The van der Waals surface area contributed by atoms with Crippen molar-refractivity contribution in [3.63, 3.8) is 0 Å². The van der Waals surface area contributed by atoms with Crippen molar-refractivity contribution in [2.45, 2.75) is 20.3 Å². The molecule has 0 saturated carbocycles. The molecule has 1 aliphatic rings. The Morgan fingerprint density at radius 3 is 1.88 bits per heavy atom. The van der Waals surface area contributed by atoms with E-state index in [1.807, 2.05) is 0 Å². The maximum atomic E-state index is 10.2. The fourth-order valence-electron chi connectivity index (χ4n) is 0.562. The van der Waals surface area contributed by atoms with E-state index in [-0.39, 0.29) is 14.0 Å². The zero-order valence-electron chi connectivity index (χ0n) is 28.4. The molecule has 0 spiro atoms. The van der Waals surface area contributed by atoms with Crippen LogP contribution in [0.3, 0.4) is 0 Å². The summed E-state index contributed by atoms with van der Waals surface area (Å²) < 4.78 is 117. The highest BCUT2D eigenvalue weighted by Gasteiger charge is 1.94. The van der Waals surface area contributed by atoms with Crippen LogP contribution < -0.4 is 0 Å². The predicted octanol–water partition coefficient (Wildman–Crippen LogP) is 0.863. The van der Waals surface area contributed by atoms with Gasteiger partial charge in [-0.25, -0.2) is 9.59 Å². The summed E-state index contributed by atoms with van der Waals surface area (Å²) in [6.07, 6.45) is 2.01. The van der Waals surface area contributed by atoms with Crippen molar-refractivity contribution in [2.75, 3.05) is 54.0 Å². The second-order valence-electron chi connectivity index (χ2n) is 2.85. The number of ether oxygens (including phenoxy) is 4. The molecule has 0 aromatic carbocycles. The fourth-order valence-corrected chi connectivity index (χ4v) is 0.601. The zero-order valence-corrected chi connectivity index (χ0v) is 13.9. The van der Waals surface area contributed by atoms with Crippen molar-refractivity contribution in [2.24, 2.45) is 0 Å². The van der Waals surface area contributed by atoms with Gasteiger partial charge in [-0.05, 0) is 24.4 Å². The minimum absolute atomic E-state index is 0. The van der Waals surface area contributed by atoms with Crippen molar-refractivity contribution >= 4 is 41.1 Å². The summed E-state index contributed by atoms with van der Waals surface area (Å²) in [5.41, 5.74) is 6.25. The maximum Gasteiger partial charge on any atom is 0.329 e. The minimum atomic E-state index is -3.16. The number of aliphatic carboxylic acids is 2. The Morgan fingerprint density at radius 1 is 1.19 bits per heavy atom. The summed E-state index contributed by atoms with van der Waals surface area (Å²) in [6.45, 7) is -6.30. The van der Waals surface area contributed by atoms with Gasteiger partial charge in [0.05, 0.1) is 19.2 Å². The van der Waals surface area contributed by atoms with Gasteiger partial charge in [0.1, 0.15) is 20.9 Å². The fraction of sp³-hybridized carbons (Fsp3) is 0.786. The van der Waals surface area contributed by atoms with E-state index in [2.05, 4.69) is 38.1 Å². The molecular weight excluding hydrogens is 399 g/mol. The topological polar surface area (TPSA) is 160 Å². The Kier molecular flexibility index (Phi) is 15.9. The lowest BCUT2D eigenvalue weighted by atomic mass is 10.4. The smallest absolute Gasteiger partial charge is 0.329 e. The van der Waals surface area contributed by atoms with Crippen LogP contribution in [0.15, 0.2) is 0 Å². The first-order valence-electron chi connectivity index (χ1n) is 13.2. The third-order valence-corrected chi connectivity index (χ3v) is 1.24. The second-order valence-corrected chi connectivity index (χ2v) is 3.19. The molecule has 12 heteroatoms. The summed E-state index contributed by atoms with van der Waals surface area (Å²) >= 11 is 8.58. The number of carboxylic acid groups (broad SMARTS) is 2. The van der Waals surface area contributed by atoms with Gasteiger partial charge in [-0.3, -0.25) is 4.79 Å². The first-order chi connectivity index (χ1) is 18.1. The lowest BCUT2D eigenvalue weighted by Crippen LogP contribution is -2.02. The third kappa shape index (κ3) is 65.9. The molecule has 1 aliphatic heterocycles. The number of hydrogen-bond acceptors (Lipinski definition) is 7. The number of hydrogen-bond donors (Lipinski definition) is 2. The summed E-state index contributed by atoms with van der Waals surface area (Å²) in [7, 11) is -8.60. The molecule has 0 aliphatic carbocycles. The Hall–Kier alpha value is -1.01. The molecule has 1 atom stereocenters. The monoisotopic (exact) mass is 446 g/mol. The number of carboxylic acids is 2. The largest absolute Gasteiger partial charge is 0.480 e. The Labute approximate surface area is 187 Å². The Bertz CT molecular complexity index is 676. The van der Waals surface area contributed by atoms with Crippen molar-refractivity contribution in [1.29, 1.82) is 1.17 Å². The van der Waals surface area contributed by atoms with Gasteiger partial charge < -0.3 is 34.6 Å². The van der Waals surface area contributed by atoms with E-state index in [4.69, 9.17) is 42.2 Å². The van der Waals surface area contributed by atoms with Crippen LogP contribution in [0, 0.1) is 0 Å². The molecule has 10 nitrogen and oxygen atoms in total. The highest BCUT2D eigenvalue weighted by Crippen LogP contribution is 1.98. The standard InChI is InChI=1S/C4H8O.C3H5ClO2.2C3H6O3.CH4.ClH.H2O/c1-2-4-5-3-1;3*1-6-2-3(4)5;;;/h1-4H2;2H2,1H3;2*2H2,1H3,(H,4,5);1H4;1H;1H2/i3D;2*1D3,2D2;1D3;;;/hD2. The van der Waals surface area contributed by atoms with E-state index in [9.17, 15) is 14.4 Å². The van der Waals surface area contributed by atoms with Gasteiger partial charge in [-0.15, -0.1) is 12.3 Å². The van der Waals surface area contributed by atoms with Crippen molar-refractivity contribution in [1.82, 2.24) is 0 Å². The van der Waals surface area contributed by atoms with Crippen LogP contribution in [0.1, 0.15) is 40.9 Å². The van der Waals surface area contributed by atoms with Gasteiger partial charge in [0.2, 0.25) is 6.67 Å². The van der Waals surface area contributed by atoms with Gasteiger partial charge in [0.25, 0.3) is 0 Å². The molecule has 1 rings (SSSR count). The molecule has 0 radical (unpaired) electrons. The van der Waals surface area contributed by atoms with E-state index in [1.54, 1.807) is 0 Å². The van der Waals surface area contributed by atoms with Crippen LogP contribution in [0.4, 0.5) is 0 Å². The molecule has 1 saturated heterocycles. The van der Waals surface area contributed by atoms with Gasteiger partial charge in [-0.1, -0.05) is 7.43 Å². The van der Waals surface area contributed by atoms with E-state index >= 15 is 0 Å². The van der Waals surface area contributed by atoms with Crippen LogP contribution in [-0.4, -0.2) is 88.1 Å². The second kappa shape index (κ2) is 35.2. The van der Waals surface area contributed by atoms with E-state index in [0.29, 0.717) is 0 Å².